The van der Waals surface area contributed by atoms with E-state index >= 15 is 0 Å². The van der Waals surface area contributed by atoms with Crippen molar-refractivity contribution in [3.63, 3.8) is 0 Å². The predicted molar refractivity (Wildman–Crippen MR) is 121 cm³/mol. The summed E-state index contributed by atoms with van der Waals surface area (Å²) in [5.41, 5.74) is 0. The maximum absolute atomic E-state index is 6.19. The van der Waals surface area contributed by atoms with Crippen LogP contribution < -0.4 is 10.6 Å². The first kappa shape index (κ1) is 21.7. The molecule has 1 unspecified atom stereocenters. The monoisotopic (exact) mass is 416 g/mol. The highest BCUT2D eigenvalue weighted by molar-refractivity contribution is 7.73. The first-order valence-electron chi connectivity index (χ1n) is 10.2. The van der Waals surface area contributed by atoms with Crippen LogP contribution in [0.1, 0.15) is 32.1 Å². The van der Waals surface area contributed by atoms with Crippen LogP contribution in [0.2, 0.25) is 6.04 Å². The summed E-state index contributed by atoms with van der Waals surface area (Å²) >= 11 is 0. The Balaban J connectivity index is 1.78. The molecule has 28 heavy (non-hydrogen) atoms. The van der Waals surface area contributed by atoms with Gasteiger partial charge in [-0.15, -0.1) is 0 Å². The van der Waals surface area contributed by atoms with Gasteiger partial charge in [0.25, 0.3) is 0 Å². The second-order valence-corrected chi connectivity index (χ2v) is 13.6. The van der Waals surface area contributed by atoms with Gasteiger partial charge in [-0.2, -0.15) is 0 Å². The molecule has 1 atom stereocenters. The third-order valence-electron chi connectivity index (χ3n) is 6.18. The highest BCUT2D eigenvalue weighted by Gasteiger charge is 2.58. The van der Waals surface area contributed by atoms with Gasteiger partial charge in [-0.05, 0) is 50.0 Å². The Morgan fingerprint density at radius 3 is 1.93 bits per heavy atom. The lowest BCUT2D eigenvalue weighted by Gasteiger charge is -2.48. The molecule has 1 fully saturated rings. The van der Waals surface area contributed by atoms with Crippen LogP contribution in [0.3, 0.4) is 0 Å². The van der Waals surface area contributed by atoms with Crippen LogP contribution in [0.4, 0.5) is 0 Å². The van der Waals surface area contributed by atoms with E-state index in [0.717, 1.165) is 31.5 Å². The van der Waals surface area contributed by atoms with Gasteiger partial charge in [0.05, 0.1) is 0 Å². The van der Waals surface area contributed by atoms with Gasteiger partial charge in [0.15, 0.2) is 0 Å². The number of hydrogen-bond donors (Lipinski definition) is 0. The van der Waals surface area contributed by atoms with Crippen molar-refractivity contribution in [2.45, 2.75) is 43.4 Å². The molecule has 5 heteroatoms. The fraction of sp³-hybridized carbons (Fsp3) is 0.478. The zero-order chi connectivity index (χ0) is 19.9. The van der Waals surface area contributed by atoms with Gasteiger partial charge in [-0.25, -0.2) is 0 Å². The van der Waals surface area contributed by atoms with Gasteiger partial charge in [-0.3, -0.25) is 0 Å². The molecule has 152 valence electrons. The van der Waals surface area contributed by atoms with E-state index in [0.29, 0.717) is 0 Å². The van der Waals surface area contributed by atoms with E-state index < -0.39 is 8.56 Å². The third kappa shape index (κ3) is 4.42. The SMILES string of the molecule is COC1(CCCP(c2ccccc2)c2ccccc2)CCCC[Si]1(OC)OC. The summed E-state index contributed by atoms with van der Waals surface area (Å²) in [5, 5.41) is 2.66. The fourth-order valence-corrected chi connectivity index (χ4v) is 10.9. The molecule has 0 N–H and O–H groups in total. The molecule has 0 radical (unpaired) electrons. The molecule has 3 rings (SSSR count). The van der Waals surface area contributed by atoms with E-state index in [4.69, 9.17) is 13.6 Å². The predicted octanol–water partition coefficient (Wildman–Crippen LogP) is 4.74. The van der Waals surface area contributed by atoms with Crippen molar-refractivity contribution in [2.24, 2.45) is 0 Å². The van der Waals surface area contributed by atoms with Crippen LogP contribution in [0.15, 0.2) is 60.7 Å². The van der Waals surface area contributed by atoms with Gasteiger partial charge in [0.1, 0.15) is 5.22 Å². The number of benzene rings is 2. The molecule has 2 aromatic carbocycles. The van der Waals surface area contributed by atoms with Crippen LogP contribution >= 0.6 is 7.92 Å². The first-order chi connectivity index (χ1) is 13.7. The largest absolute Gasteiger partial charge is 0.396 e. The summed E-state index contributed by atoms with van der Waals surface area (Å²) in [7, 11) is 2.76. The Hall–Kier alpha value is -1.03. The Kier molecular flexibility index (Phi) is 7.84. The summed E-state index contributed by atoms with van der Waals surface area (Å²) in [6, 6.07) is 22.9. The van der Waals surface area contributed by atoms with Crippen LogP contribution in [-0.2, 0) is 13.6 Å². The van der Waals surface area contributed by atoms with Crippen LogP contribution in [0.5, 0.6) is 0 Å². The van der Waals surface area contributed by atoms with Crippen molar-refractivity contribution in [1.29, 1.82) is 0 Å². The summed E-state index contributed by atoms with van der Waals surface area (Å²) in [4.78, 5) is 0. The minimum atomic E-state index is -2.36. The molecule has 3 nitrogen and oxygen atoms in total. The number of hydrogen-bond acceptors (Lipinski definition) is 3. The molecule has 0 saturated carbocycles. The second kappa shape index (κ2) is 10.1. The molecule has 0 amide bonds. The quantitative estimate of drug-likeness (QED) is 0.436. The number of methoxy groups -OCH3 is 1. The Labute approximate surface area is 172 Å². The van der Waals surface area contributed by atoms with Gasteiger partial charge in [0, 0.05) is 21.3 Å². The molecule has 1 aliphatic rings. The van der Waals surface area contributed by atoms with Crippen molar-refractivity contribution in [3.05, 3.63) is 60.7 Å². The molecule has 2 aromatic rings. The highest BCUT2D eigenvalue weighted by Crippen LogP contribution is 2.44. The Morgan fingerprint density at radius 2 is 1.43 bits per heavy atom. The average molecular weight is 417 g/mol. The minimum Gasteiger partial charge on any atom is -0.396 e. The number of ether oxygens (including phenoxy) is 1. The van der Waals surface area contributed by atoms with Gasteiger partial charge in [-0.1, -0.05) is 73.5 Å². The second-order valence-electron chi connectivity index (χ2n) is 7.49. The molecule has 0 aromatic heterocycles. The van der Waals surface area contributed by atoms with E-state index in [1.165, 1.54) is 23.5 Å². The van der Waals surface area contributed by atoms with E-state index in [9.17, 15) is 0 Å². The number of rotatable bonds is 9. The standard InChI is InChI=1S/C23H33O3PSi/c1-24-23(17-10-11-20-28(23,25-2)26-3)18-12-19-27(21-13-6-4-7-14-21)22-15-8-5-9-16-22/h4-9,13-16H,10-12,17-20H2,1-3H3. The van der Waals surface area contributed by atoms with Crippen molar-refractivity contribution in [1.82, 2.24) is 0 Å². The van der Waals surface area contributed by atoms with Crippen molar-refractivity contribution in [3.8, 4) is 0 Å². The average Bonchev–Trinajstić information content (AvgIpc) is 2.78. The topological polar surface area (TPSA) is 27.7 Å². The molecule has 0 spiro atoms. The summed E-state index contributed by atoms with van der Waals surface area (Å²) in [6.45, 7) is 0. The highest BCUT2D eigenvalue weighted by atomic mass is 31.1. The van der Waals surface area contributed by atoms with E-state index in [1.807, 2.05) is 21.3 Å². The molecule has 1 aliphatic heterocycles. The molecular weight excluding hydrogens is 383 g/mol. The lowest BCUT2D eigenvalue weighted by molar-refractivity contribution is -0.0147. The molecule has 1 heterocycles. The Bertz CT molecular complexity index is 669. The van der Waals surface area contributed by atoms with E-state index in [-0.39, 0.29) is 13.1 Å². The van der Waals surface area contributed by atoms with E-state index in [1.54, 1.807) is 0 Å². The first-order valence-corrected chi connectivity index (χ1v) is 13.8. The lowest BCUT2D eigenvalue weighted by Crippen LogP contribution is -2.64. The van der Waals surface area contributed by atoms with Gasteiger partial charge >= 0.3 is 8.56 Å². The third-order valence-corrected chi connectivity index (χ3v) is 13.2. The summed E-state index contributed by atoms with van der Waals surface area (Å²) in [6.07, 6.45) is 6.71. The fourth-order valence-electron chi connectivity index (χ4n) is 4.67. The van der Waals surface area contributed by atoms with Crippen molar-refractivity contribution < 1.29 is 13.6 Å². The van der Waals surface area contributed by atoms with Gasteiger partial charge in [0.2, 0.25) is 0 Å². The zero-order valence-electron chi connectivity index (χ0n) is 17.4. The summed E-state index contributed by atoms with van der Waals surface area (Å²) in [5.74, 6) is 0. The summed E-state index contributed by atoms with van der Waals surface area (Å²) < 4.78 is 18.3. The van der Waals surface area contributed by atoms with Crippen LogP contribution in [0.25, 0.3) is 0 Å². The normalized spacial score (nSPS) is 21.7. The molecular formula is C23H33O3PSi. The molecule has 0 aliphatic carbocycles. The van der Waals surface area contributed by atoms with Gasteiger partial charge < -0.3 is 13.6 Å². The molecule has 1 saturated heterocycles. The Morgan fingerprint density at radius 1 is 0.857 bits per heavy atom. The molecule has 0 bridgehead atoms. The van der Waals surface area contributed by atoms with Crippen molar-refractivity contribution in [2.75, 3.05) is 27.5 Å². The van der Waals surface area contributed by atoms with Crippen LogP contribution in [0, 0.1) is 0 Å². The maximum atomic E-state index is 6.19. The maximum Gasteiger partial charge on any atom is 0.370 e. The zero-order valence-corrected chi connectivity index (χ0v) is 19.3. The van der Waals surface area contributed by atoms with Crippen LogP contribution in [-0.4, -0.2) is 41.3 Å². The van der Waals surface area contributed by atoms with Crippen molar-refractivity contribution >= 4 is 27.1 Å². The smallest absolute Gasteiger partial charge is 0.370 e. The lowest BCUT2D eigenvalue weighted by atomic mass is 10.1. The van der Waals surface area contributed by atoms with E-state index in [2.05, 4.69) is 60.7 Å². The minimum absolute atomic E-state index is 0.233.